The van der Waals surface area contributed by atoms with E-state index < -0.39 is 0 Å². The molecule has 0 spiro atoms. The van der Waals surface area contributed by atoms with Crippen LogP contribution in [0.3, 0.4) is 0 Å². The first-order chi connectivity index (χ1) is 8.56. The Morgan fingerprint density at radius 1 is 1.33 bits per heavy atom. The van der Waals surface area contributed by atoms with Gasteiger partial charge in [0.15, 0.2) is 0 Å². The van der Waals surface area contributed by atoms with Gasteiger partial charge in [0, 0.05) is 18.4 Å². The molecule has 0 fully saturated rings. The quantitative estimate of drug-likeness (QED) is 0.756. The largest absolute Gasteiger partial charge is 0.507 e. The van der Waals surface area contributed by atoms with E-state index in [1.165, 1.54) is 0 Å². The van der Waals surface area contributed by atoms with Crippen LogP contribution in [0.1, 0.15) is 11.1 Å². The Morgan fingerprint density at radius 3 is 2.72 bits per heavy atom. The number of amides is 1. The summed E-state index contributed by atoms with van der Waals surface area (Å²) in [6.45, 7) is 4.36. The Morgan fingerprint density at radius 2 is 2.06 bits per heavy atom. The fraction of sp³-hybridized carbons (Fsp3) is 0.462. The van der Waals surface area contributed by atoms with Gasteiger partial charge in [-0.15, -0.1) is 0 Å². The zero-order valence-corrected chi connectivity index (χ0v) is 10.9. The van der Waals surface area contributed by atoms with Crippen LogP contribution in [0.25, 0.3) is 0 Å². The predicted molar refractivity (Wildman–Crippen MR) is 68.9 cm³/mol. The van der Waals surface area contributed by atoms with Crippen LogP contribution in [0.5, 0.6) is 5.75 Å². The van der Waals surface area contributed by atoms with Gasteiger partial charge in [-0.05, 0) is 25.5 Å². The van der Waals surface area contributed by atoms with Gasteiger partial charge in [0.2, 0.25) is 5.91 Å². The molecule has 0 radical (unpaired) electrons. The molecule has 18 heavy (non-hydrogen) atoms. The average molecular weight is 253 g/mol. The van der Waals surface area contributed by atoms with Crippen molar-refractivity contribution in [3.8, 4) is 5.75 Å². The molecule has 0 heterocycles. The van der Waals surface area contributed by atoms with E-state index in [9.17, 15) is 9.90 Å². The molecule has 0 saturated heterocycles. The third kappa shape index (κ3) is 4.01. The molecule has 1 amide bonds. The second-order valence-corrected chi connectivity index (χ2v) is 4.00. The number of phenols is 1. The number of phenolic OH excluding ortho intramolecular Hbond substituents is 1. The number of benzene rings is 1. The van der Waals surface area contributed by atoms with Gasteiger partial charge in [0.05, 0.1) is 13.2 Å². The summed E-state index contributed by atoms with van der Waals surface area (Å²) in [5.41, 5.74) is 2.03. The van der Waals surface area contributed by atoms with Crippen LogP contribution in [0.15, 0.2) is 12.1 Å². The van der Waals surface area contributed by atoms with Crippen molar-refractivity contribution < 1.29 is 19.4 Å². The highest BCUT2D eigenvalue weighted by Gasteiger charge is 2.09. The van der Waals surface area contributed by atoms with Gasteiger partial charge in [-0.25, -0.2) is 0 Å². The minimum absolute atomic E-state index is 0.0303. The number of carbonyl (C=O) groups is 1. The molecular formula is C13H19NO4. The maximum atomic E-state index is 11.6. The molecule has 1 aromatic rings. The highest BCUT2D eigenvalue weighted by molar-refractivity contribution is 5.92. The Kier molecular flexibility index (Phi) is 5.61. The van der Waals surface area contributed by atoms with Crippen molar-refractivity contribution in [2.45, 2.75) is 13.8 Å². The van der Waals surface area contributed by atoms with Crippen molar-refractivity contribution in [1.29, 1.82) is 0 Å². The third-order valence-corrected chi connectivity index (χ3v) is 2.57. The number of nitrogens with one attached hydrogen (secondary N) is 1. The lowest BCUT2D eigenvalue weighted by atomic mass is 10.1. The molecule has 1 aromatic carbocycles. The number of methoxy groups -OCH3 is 1. The van der Waals surface area contributed by atoms with E-state index in [1.54, 1.807) is 26.2 Å². The van der Waals surface area contributed by atoms with Crippen LogP contribution in [-0.2, 0) is 14.3 Å². The van der Waals surface area contributed by atoms with Gasteiger partial charge in [-0.3, -0.25) is 4.79 Å². The second kappa shape index (κ2) is 6.98. The number of carbonyl (C=O) groups excluding carboxylic acids is 1. The molecule has 0 saturated carbocycles. The highest BCUT2D eigenvalue weighted by atomic mass is 16.5. The molecule has 1 rings (SSSR count). The summed E-state index contributed by atoms with van der Waals surface area (Å²) >= 11 is 0. The van der Waals surface area contributed by atoms with Crippen LogP contribution >= 0.6 is 0 Å². The lowest BCUT2D eigenvalue weighted by Crippen LogP contribution is -2.20. The first-order valence-electron chi connectivity index (χ1n) is 5.72. The smallest absolute Gasteiger partial charge is 0.250 e. The zero-order chi connectivity index (χ0) is 13.5. The van der Waals surface area contributed by atoms with Crippen molar-refractivity contribution in [1.82, 2.24) is 0 Å². The van der Waals surface area contributed by atoms with E-state index in [1.807, 2.05) is 6.92 Å². The molecule has 0 aliphatic heterocycles. The first-order valence-corrected chi connectivity index (χ1v) is 5.72. The lowest BCUT2D eigenvalue weighted by molar-refractivity contribution is -0.121. The Bertz CT molecular complexity index is 418. The summed E-state index contributed by atoms with van der Waals surface area (Å²) in [7, 11) is 1.57. The monoisotopic (exact) mass is 253 g/mol. The normalized spacial score (nSPS) is 10.4. The minimum atomic E-state index is -0.252. The molecule has 0 bridgehead atoms. The molecule has 100 valence electrons. The molecular weight excluding hydrogens is 234 g/mol. The SMILES string of the molecule is COCCOCC(=O)Nc1ccc(C)c(O)c1C. The average Bonchev–Trinajstić information content (AvgIpc) is 2.35. The van der Waals surface area contributed by atoms with Crippen LogP contribution in [0.2, 0.25) is 0 Å². The van der Waals surface area contributed by atoms with E-state index in [0.29, 0.717) is 24.5 Å². The number of aryl methyl sites for hydroxylation is 1. The van der Waals surface area contributed by atoms with E-state index in [4.69, 9.17) is 9.47 Å². The molecule has 0 unspecified atom stereocenters. The minimum Gasteiger partial charge on any atom is -0.507 e. The standard InChI is InChI=1S/C13H19NO4/c1-9-4-5-11(10(2)13(9)16)14-12(15)8-18-7-6-17-3/h4-5,16H,6-8H2,1-3H3,(H,14,15). The van der Waals surface area contributed by atoms with E-state index in [0.717, 1.165) is 5.56 Å². The summed E-state index contributed by atoms with van der Waals surface area (Å²) in [6.07, 6.45) is 0. The number of aromatic hydroxyl groups is 1. The Hall–Kier alpha value is -1.59. The molecule has 5 nitrogen and oxygen atoms in total. The Balaban J connectivity index is 2.52. The van der Waals surface area contributed by atoms with Gasteiger partial charge in [0.25, 0.3) is 0 Å². The lowest BCUT2D eigenvalue weighted by Gasteiger charge is -2.11. The number of rotatable bonds is 6. The van der Waals surface area contributed by atoms with Gasteiger partial charge in [-0.1, -0.05) is 6.07 Å². The second-order valence-electron chi connectivity index (χ2n) is 4.00. The predicted octanol–water partition coefficient (Wildman–Crippen LogP) is 1.61. The molecule has 0 aromatic heterocycles. The molecule has 0 atom stereocenters. The maximum Gasteiger partial charge on any atom is 0.250 e. The number of ether oxygens (including phenoxy) is 2. The molecule has 5 heteroatoms. The van der Waals surface area contributed by atoms with Gasteiger partial charge >= 0.3 is 0 Å². The van der Waals surface area contributed by atoms with Crippen molar-refractivity contribution in [2.75, 3.05) is 32.2 Å². The number of hydrogen-bond acceptors (Lipinski definition) is 4. The van der Waals surface area contributed by atoms with Gasteiger partial charge in [0.1, 0.15) is 12.4 Å². The summed E-state index contributed by atoms with van der Waals surface area (Å²) in [5, 5.41) is 12.4. The third-order valence-electron chi connectivity index (χ3n) is 2.57. The summed E-state index contributed by atoms with van der Waals surface area (Å²) in [6, 6.07) is 3.52. The summed E-state index contributed by atoms with van der Waals surface area (Å²) < 4.78 is 9.90. The topological polar surface area (TPSA) is 67.8 Å². The molecule has 2 N–H and O–H groups in total. The van der Waals surface area contributed by atoms with Gasteiger partial charge < -0.3 is 19.9 Å². The maximum absolute atomic E-state index is 11.6. The number of hydrogen-bond donors (Lipinski definition) is 2. The van der Waals surface area contributed by atoms with Crippen LogP contribution in [0.4, 0.5) is 5.69 Å². The summed E-state index contributed by atoms with van der Waals surface area (Å²) in [5.74, 6) is -0.0504. The van der Waals surface area contributed by atoms with Crippen molar-refractivity contribution in [3.05, 3.63) is 23.3 Å². The molecule has 0 aliphatic rings. The fourth-order valence-corrected chi connectivity index (χ4v) is 1.46. The molecule has 0 aliphatic carbocycles. The zero-order valence-electron chi connectivity index (χ0n) is 10.9. The van der Waals surface area contributed by atoms with Crippen molar-refractivity contribution in [2.24, 2.45) is 0 Å². The first kappa shape index (κ1) is 14.5. The van der Waals surface area contributed by atoms with Crippen molar-refractivity contribution in [3.63, 3.8) is 0 Å². The van der Waals surface area contributed by atoms with Crippen LogP contribution < -0.4 is 5.32 Å². The fourth-order valence-electron chi connectivity index (χ4n) is 1.46. The van der Waals surface area contributed by atoms with Crippen LogP contribution in [-0.4, -0.2) is 37.9 Å². The Labute approximate surface area is 107 Å². The van der Waals surface area contributed by atoms with E-state index in [-0.39, 0.29) is 18.3 Å². The van der Waals surface area contributed by atoms with Crippen LogP contribution in [0, 0.1) is 13.8 Å². The van der Waals surface area contributed by atoms with E-state index in [2.05, 4.69) is 5.32 Å². The highest BCUT2D eigenvalue weighted by Crippen LogP contribution is 2.27. The van der Waals surface area contributed by atoms with Gasteiger partial charge in [-0.2, -0.15) is 0 Å². The summed E-state index contributed by atoms with van der Waals surface area (Å²) in [4.78, 5) is 11.6. The number of anilines is 1. The van der Waals surface area contributed by atoms with E-state index >= 15 is 0 Å². The van der Waals surface area contributed by atoms with Crippen molar-refractivity contribution >= 4 is 11.6 Å².